The summed E-state index contributed by atoms with van der Waals surface area (Å²) in [6.07, 6.45) is 13.6. The molecule has 0 spiro atoms. The Morgan fingerprint density at radius 3 is 1.97 bits per heavy atom. The molecule has 2 rings (SSSR count). The van der Waals surface area contributed by atoms with Crippen molar-refractivity contribution >= 4 is 19.8 Å². The zero-order chi connectivity index (χ0) is 50.2. The fourth-order valence-electron chi connectivity index (χ4n) is 8.77. The Labute approximate surface area is 406 Å². The van der Waals surface area contributed by atoms with Gasteiger partial charge in [-0.05, 0) is 57.8 Å². The number of fused-ring (bicyclic) bond motifs is 4. The number of cyclic esters (lactones) is 1. The standard InChI is InChI=1S/C51H91O16P/c1-3-5-7-8-9-10-11-12-13-14-15-16-17-18-19-20-21-22-27-31-44(55)64-36-39-37-65-68(62,63)67-51-49(60)47(58)41(34-33-38(52)29-25-6-4-2)43(54)35-42(53)40(46(57)48(59)50(51)61)30-26-23-24-28-32-45(56)66-39/h9-10,12-13,33-34,38-43,46-54,57-61H,3-8,11,14-32,35-37H2,1-2H3,(H,62,63)/b10-9-,13-12-,34-33+/t38-,39+,40-,41-,42-,43+,46+,47+,48-,49+,50+,51+/m0/s1. The normalized spacial score (nSPS) is 31.5. The van der Waals surface area contributed by atoms with Crippen LogP contribution in [0.1, 0.15) is 187 Å². The maximum absolute atomic E-state index is 13.5. The Morgan fingerprint density at radius 1 is 0.721 bits per heavy atom. The Kier molecular flexibility index (Phi) is 33.6. The highest BCUT2D eigenvalue weighted by Crippen LogP contribution is 2.47. The van der Waals surface area contributed by atoms with E-state index in [1.54, 1.807) is 0 Å². The number of phosphoric ester groups is 1. The number of esters is 2. The lowest BCUT2D eigenvalue weighted by atomic mass is 9.82. The molecule has 1 saturated heterocycles. The Balaban J connectivity index is 2.03. The minimum atomic E-state index is -5.43. The fourth-order valence-corrected chi connectivity index (χ4v) is 9.74. The van der Waals surface area contributed by atoms with Crippen LogP contribution in [0.5, 0.6) is 0 Å². The molecule has 2 bridgehead atoms. The van der Waals surface area contributed by atoms with Crippen LogP contribution in [0.2, 0.25) is 0 Å². The van der Waals surface area contributed by atoms with Gasteiger partial charge < -0.3 is 55.2 Å². The monoisotopic (exact) mass is 991 g/mol. The second-order valence-corrected chi connectivity index (χ2v) is 20.4. The number of hydrogen-bond donors (Lipinski definition) is 9. The largest absolute Gasteiger partial charge is 0.472 e. The van der Waals surface area contributed by atoms with Crippen molar-refractivity contribution in [3.8, 4) is 0 Å². The maximum Gasteiger partial charge on any atom is 0.472 e. The van der Waals surface area contributed by atoms with Gasteiger partial charge in [0.25, 0.3) is 0 Å². The summed E-state index contributed by atoms with van der Waals surface area (Å²) in [6, 6.07) is 0. The highest BCUT2D eigenvalue weighted by atomic mass is 31.2. The third-order valence-electron chi connectivity index (χ3n) is 13.0. The Morgan fingerprint density at radius 2 is 1.31 bits per heavy atom. The van der Waals surface area contributed by atoms with Gasteiger partial charge in [-0.1, -0.05) is 147 Å². The van der Waals surface area contributed by atoms with E-state index in [9.17, 15) is 59.9 Å². The van der Waals surface area contributed by atoms with Crippen molar-refractivity contribution in [1.82, 2.24) is 0 Å². The lowest BCUT2D eigenvalue weighted by molar-refractivity contribution is -0.167. The smallest absolute Gasteiger partial charge is 0.462 e. The lowest BCUT2D eigenvalue weighted by Gasteiger charge is -2.37. The van der Waals surface area contributed by atoms with Crippen LogP contribution >= 0.6 is 7.82 Å². The SMILES string of the molecule is CCCCC/C=C\C/C=C\CCCCCCCCCCCC(=O)OC[C@@H]1COP(=O)(O)O[C@H]2[C@H](O)[C@@H](O)[C@H](O)[C@@H](CCCCCCC(=O)O1)[C@@H](O)C[C@@H](O)[C@H](/C=C/[C@@H](O)CCCCC)[C@@H](O)[C@H]2O. The summed E-state index contributed by atoms with van der Waals surface area (Å²) in [5.74, 6) is -3.87. The molecule has 396 valence electrons. The maximum atomic E-state index is 13.5. The zero-order valence-electron chi connectivity index (χ0n) is 41.2. The second-order valence-electron chi connectivity index (χ2n) is 19.0. The van der Waals surface area contributed by atoms with Crippen LogP contribution in [0.15, 0.2) is 36.5 Å². The van der Waals surface area contributed by atoms with Crippen LogP contribution in [-0.2, 0) is 32.7 Å². The van der Waals surface area contributed by atoms with E-state index in [0.29, 0.717) is 44.9 Å². The first-order valence-corrected chi connectivity index (χ1v) is 27.5. The summed E-state index contributed by atoms with van der Waals surface area (Å²) in [7, 11) is -5.43. The third-order valence-corrected chi connectivity index (χ3v) is 14.0. The summed E-state index contributed by atoms with van der Waals surface area (Å²) < 4.78 is 34.8. The van der Waals surface area contributed by atoms with Gasteiger partial charge in [-0.25, -0.2) is 4.57 Å². The van der Waals surface area contributed by atoms with Crippen LogP contribution in [0.25, 0.3) is 0 Å². The molecule has 2 fully saturated rings. The van der Waals surface area contributed by atoms with Gasteiger partial charge in [-0.3, -0.25) is 18.6 Å². The van der Waals surface area contributed by atoms with Crippen molar-refractivity contribution in [2.24, 2.45) is 11.8 Å². The molecule has 0 radical (unpaired) electrons. The molecule has 1 heterocycles. The molecule has 9 N–H and O–H groups in total. The van der Waals surface area contributed by atoms with Gasteiger partial charge in [0.05, 0.1) is 37.1 Å². The summed E-state index contributed by atoms with van der Waals surface area (Å²) in [5, 5.41) is 90.2. The molecular weight excluding hydrogens is 900 g/mol. The van der Waals surface area contributed by atoms with E-state index in [2.05, 4.69) is 31.2 Å². The molecule has 16 nitrogen and oxygen atoms in total. The topological polar surface area (TPSA) is 270 Å². The number of carbonyl (C=O) groups is 2. The average molecular weight is 991 g/mol. The van der Waals surface area contributed by atoms with E-state index < -0.39 is 112 Å². The van der Waals surface area contributed by atoms with Crippen molar-refractivity contribution in [3.05, 3.63) is 36.5 Å². The molecule has 0 aromatic heterocycles. The number of aliphatic hydroxyl groups excluding tert-OH is 8. The quantitative estimate of drug-likeness (QED) is 0.0178. The second kappa shape index (κ2) is 36.8. The number of carbonyl (C=O) groups excluding carboxylic acids is 2. The molecule has 1 aliphatic heterocycles. The first-order chi connectivity index (χ1) is 32.6. The zero-order valence-corrected chi connectivity index (χ0v) is 42.1. The van der Waals surface area contributed by atoms with E-state index >= 15 is 0 Å². The molecule has 0 aromatic carbocycles. The predicted molar refractivity (Wildman–Crippen MR) is 260 cm³/mol. The predicted octanol–water partition coefficient (Wildman–Crippen LogP) is 7.33. The molecule has 68 heavy (non-hydrogen) atoms. The number of phosphoric acid groups is 1. The minimum Gasteiger partial charge on any atom is -0.462 e. The molecule has 1 aliphatic carbocycles. The molecular formula is C51H91O16P. The van der Waals surface area contributed by atoms with E-state index in [1.165, 1.54) is 63.5 Å². The summed E-state index contributed by atoms with van der Waals surface area (Å²) in [5.41, 5.74) is 0. The van der Waals surface area contributed by atoms with Crippen molar-refractivity contribution in [2.75, 3.05) is 13.2 Å². The van der Waals surface area contributed by atoms with Gasteiger partial charge in [0.15, 0.2) is 6.10 Å². The molecule has 1 saturated carbocycles. The average Bonchev–Trinajstić information content (AvgIpc) is 3.31. The minimum absolute atomic E-state index is 0.0490. The number of hydrogen-bond acceptors (Lipinski definition) is 15. The van der Waals surface area contributed by atoms with Crippen LogP contribution in [-0.4, -0.2) is 132 Å². The molecule has 0 aromatic rings. The van der Waals surface area contributed by atoms with Crippen LogP contribution < -0.4 is 0 Å². The summed E-state index contributed by atoms with van der Waals surface area (Å²) in [4.78, 5) is 36.5. The summed E-state index contributed by atoms with van der Waals surface area (Å²) in [6.45, 7) is 2.85. The van der Waals surface area contributed by atoms with Gasteiger partial charge in [0, 0.05) is 31.1 Å². The first kappa shape index (κ1) is 62.1. The fraction of sp³-hybridized carbons (Fsp3) is 0.843. The van der Waals surface area contributed by atoms with Crippen molar-refractivity contribution in [1.29, 1.82) is 0 Å². The number of unbranched alkanes of at least 4 members (excludes halogenated alkanes) is 14. The van der Waals surface area contributed by atoms with Crippen LogP contribution in [0, 0.1) is 11.8 Å². The van der Waals surface area contributed by atoms with E-state index in [0.717, 1.165) is 51.4 Å². The number of aliphatic hydroxyl groups is 8. The highest BCUT2D eigenvalue weighted by Gasteiger charge is 2.49. The van der Waals surface area contributed by atoms with Crippen molar-refractivity contribution < 1.29 is 78.4 Å². The first-order valence-electron chi connectivity index (χ1n) is 26.0. The van der Waals surface area contributed by atoms with Crippen molar-refractivity contribution in [3.63, 3.8) is 0 Å². The van der Waals surface area contributed by atoms with E-state index in [-0.39, 0.29) is 19.3 Å². The molecule has 1 unspecified atom stereocenters. The summed E-state index contributed by atoms with van der Waals surface area (Å²) >= 11 is 0. The van der Waals surface area contributed by atoms with E-state index in [4.69, 9.17) is 18.5 Å². The third kappa shape index (κ3) is 26.4. The van der Waals surface area contributed by atoms with E-state index in [1.807, 2.05) is 6.92 Å². The van der Waals surface area contributed by atoms with Crippen LogP contribution in [0.3, 0.4) is 0 Å². The number of rotatable bonds is 26. The van der Waals surface area contributed by atoms with Crippen LogP contribution in [0.4, 0.5) is 0 Å². The molecule has 2 aliphatic rings. The highest BCUT2D eigenvalue weighted by molar-refractivity contribution is 7.47. The van der Waals surface area contributed by atoms with Gasteiger partial charge in [0.2, 0.25) is 0 Å². The lowest BCUT2D eigenvalue weighted by Crippen LogP contribution is -2.55. The van der Waals surface area contributed by atoms with Gasteiger partial charge >= 0.3 is 19.8 Å². The Bertz CT molecular complexity index is 1460. The van der Waals surface area contributed by atoms with Crippen molar-refractivity contribution in [2.45, 2.75) is 248 Å². The molecule has 0 amide bonds. The molecule has 17 heteroatoms. The van der Waals surface area contributed by atoms with Gasteiger partial charge in [0.1, 0.15) is 31.0 Å². The number of allylic oxidation sites excluding steroid dienone is 4. The van der Waals surface area contributed by atoms with Gasteiger partial charge in [-0.15, -0.1) is 0 Å². The molecule has 13 atom stereocenters. The number of ether oxygens (including phenoxy) is 2. The van der Waals surface area contributed by atoms with Gasteiger partial charge in [-0.2, -0.15) is 0 Å². The Hall–Kier alpha value is -2.05.